The number of benzene rings is 1. The van der Waals surface area contributed by atoms with E-state index in [9.17, 15) is 4.39 Å². The van der Waals surface area contributed by atoms with Crippen LogP contribution in [0.4, 0.5) is 4.39 Å². The topological polar surface area (TPSA) is 60.2 Å². The second-order valence-corrected chi connectivity index (χ2v) is 3.51. The predicted molar refractivity (Wildman–Crippen MR) is 69.5 cm³/mol. The molecule has 4 nitrogen and oxygen atoms in total. The van der Waals surface area contributed by atoms with Crippen molar-refractivity contribution in [3.63, 3.8) is 0 Å². The maximum Gasteiger partial charge on any atom is 0.191 e. The van der Waals surface area contributed by atoms with Crippen molar-refractivity contribution in [1.82, 2.24) is 10.6 Å². The Hall–Kier alpha value is -2.35. The maximum atomic E-state index is 13.6. The molecule has 0 heterocycles. The predicted octanol–water partition coefficient (Wildman–Crippen LogP) is 1.55. The number of hydrogen-bond donors (Lipinski definition) is 2. The minimum Gasteiger partial charge on any atom is -0.353 e. The van der Waals surface area contributed by atoms with Gasteiger partial charge in [0, 0.05) is 25.7 Å². The van der Waals surface area contributed by atoms with E-state index < -0.39 is 5.82 Å². The zero-order valence-electron chi connectivity index (χ0n) is 10.2. The van der Waals surface area contributed by atoms with Crippen molar-refractivity contribution < 1.29 is 4.39 Å². The molecule has 0 aliphatic carbocycles. The van der Waals surface area contributed by atoms with Crippen LogP contribution in [0.5, 0.6) is 0 Å². The molecule has 0 unspecified atom stereocenters. The number of nitrogens with zero attached hydrogens (tertiary/aromatic N) is 2. The number of hydrogen-bond acceptors (Lipinski definition) is 2. The van der Waals surface area contributed by atoms with Gasteiger partial charge in [-0.25, -0.2) is 4.39 Å². The molecular formula is C13H15FN4. The van der Waals surface area contributed by atoms with Crippen LogP contribution in [0.15, 0.2) is 35.8 Å². The summed E-state index contributed by atoms with van der Waals surface area (Å²) in [7, 11) is 1.63. The van der Waals surface area contributed by atoms with Crippen LogP contribution in [-0.4, -0.2) is 19.6 Å². The van der Waals surface area contributed by atoms with Crippen molar-refractivity contribution in [3.05, 3.63) is 47.8 Å². The van der Waals surface area contributed by atoms with Gasteiger partial charge in [0.25, 0.3) is 0 Å². The van der Waals surface area contributed by atoms with E-state index in [-0.39, 0.29) is 0 Å². The molecule has 0 radical (unpaired) electrons. The highest BCUT2D eigenvalue weighted by Gasteiger charge is 2.04. The van der Waals surface area contributed by atoms with Crippen LogP contribution in [0, 0.1) is 17.1 Å². The van der Waals surface area contributed by atoms with Gasteiger partial charge in [-0.15, -0.1) is 6.58 Å². The fraction of sp³-hybridized carbons (Fsp3) is 0.231. The van der Waals surface area contributed by atoms with Crippen LogP contribution in [0.25, 0.3) is 0 Å². The molecule has 0 aliphatic rings. The third-order valence-electron chi connectivity index (χ3n) is 2.27. The average molecular weight is 246 g/mol. The van der Waals surface area contributed by atoms with Gasteiger partial charge in [-0.1, -0.05) is 12.1 Å². The molecular weight excluding hydrogens is 231 g/mol. The normalized spacial score (nSPS) is 10.6. The molecule has 0 fully saturated rings. The van der Waals surface area contributed by atoms with E-state index in [1.54, 1.807) is 25.3 Å². The molecule has 1 rings (SSSR count). The average Bonchev–Trinajstić information content (AvgIpc) is 2.40. The first-order valence-corrected chi connectivity index (χ1v) is 5.45. The highest BCUT2D eigenvalue weighted by atomic mass is 19.1. The molecule has 94 valence electrons. The molecule has 0 saturated carbocycles. The summed E-state index contributed by atoms with van der Waals surface area (Å²) in [4.78, 5) is 3.98. The molecule has 0 spiro atoms. The summed E-state index contributed by atoms with van der Waals surface area (Å²) in [6.07, 6.45) is 1.70. The Morgan fingerprint density at radius 1 is 1.56 bits per heavy atom. The Bertz CT molecular complexity index is 488. The van der Waals surface area contributed by atoms with Gasteiger partial charge in [-0.3, -0.25) is 4.99 Å². The lowest BCUT2D eigenvalue weighted by molar-refractivity contribution is 0.604. The zero-order chi connectivity index (χ0) is 13.4. The molecule has 18 heavy (non-hydrogen) atoms. The summed E-state index contributed by atoms with van der Waals surface area (Å²) in [5.74, 6) is 0.166. The van der Waals surface area contributed by atoms with Crippen LogP contribution in [0.3, 0.4) is 0 Å². The van der Waals surface area contributed by atoms with Crippen molar-refractivity contribution >= 4 is 5.96 Å². The van der Waals surface area contributed by atoms with Crippen molar-refractivity contribution in [2.24, 2.45) is 4.99 Å². The van der Waals surface area contributed by atoms with Gasteiger partial charge in [0.2, 0.25) is 0 Å². The number of nitriles is 1. The Morgan fingerprint density at radius 3 is 2.89 bits per heavy atom. The van der Waals surface area contributed by atoms with Gasteiger partial charge in [0.05, 0.1) is 11.6 Å². The number of nitrogens with one attached hydrogen (secondary N) is 2. The van der Waals surface area contributed by atoms with Crippen molar-refractivity contribution in [1.29, 1.82) is 5.26 Å². The summed E-state index contributed by atoms with van der Waals surface area (Å²) < 4.78 is 13.6. The summed E-state index contributed by atoms with van der Waals surface area (Å²) in [5, 5.41) is 14.6. The van der Waals surface area contributed by atoms with Gasteiger partial charge in [-0.2, -0.15) is 5.26 Å². The fourth-order valence-corrected chi connectivity index (χ4v) is 1.33. The summed E-state index contributed by atoms with van der Waals surface area (Å²) in [5.41, 5.74) is 0.793. The van der Waals surface area contributed by atoms with Gasteiger partial charge in [-0.05, 0) is 12.1 Å². The van der Waals surface area contributed by atoms with E-state index in [0.717, 1.165) is 0 Å². The van der Waals surface area contributed by atoms with E-state index in [0.29, 0.717) is 30.2 Å². The van der Waals surface area contributed by atoms with E-state index in [1.807, 2.05) is 6.07 Å². The van der Waals surface area contributed by atoms with Crippen molar-refractivity contribution in [2.75, 3.05) is 13.6 Å². The van der Waals surface area contributed by atoms with Gasteiger partial charge in [0.1, 0.15) is 5.82 Å². The van der Waals surface area contributed by atoms with Crippen molar-refractivity contribution in [3.8, 4) is 6.07 Å². The van der Waals surface area contributed by atoms with E-state index in [4.69, 9.17) is 5.26 Å². The summed E-state index contributed by atoms with van der Waals surface area (Å²) >= 11 is 0. The Kier molecular flexibility index (Phi) is 5.39. The Balaban J connectivity index is 2.63. The zero-order valence-corrected chi connectivity index (χ0v) is 10.2. The minimum absolute atomic E-state index is 0.300. The molecule has 0 amide bonds. The molecule has 0 bridgehead atoms. The highest BCUT2D eigenvalue weighted by molar-refractivity contribution is 5.79. The third kappa shape index (κ3) is 3.91. The summed E-state index contributed by atoms with van der Waals surface area (Å²) in [6, 6.07) is 6.28. The first kappa shape index (κ1) is 13.7. The number of guanidine groups is 1. The van der Waals surface area contributed by atoms with Crippen LogP contribution >= 0.6 is 0 Å². The standard InChI is InChI=1S/C13H15FN4/c1-3-6-17-13(16-2)18-9-11-5-4-10(8-15)7-12(11)14/h3-5,7H,1,6,9H2,2H3,(H2,16,17,18). The maximum absolute atomic E-state index is 13.6. The number of rotatable bonds is 4. The van der Waals surface area contributed by atoms with E-state index in [2.05, 4.69) is 22.2 Å². The smallest absolute Gasteiger partial charge is 0.191 e. The molecule has 5 heteroatoms. The first-order chi connectivity index (χ1) is 8.71. The number of aliphatic imine (C=N–C) groups is 1. The number of halogens is 1. The molecule has 1 aromatic carbocycles. The molecule has 0 aromatic heterocycles. The molecule has 1 aromatic rings. The Labute approximate surface area is 106 Å². The van der Waals surface area contributed by atoms with Crippen molar-refractivity contribution in [2.45, 2.75) is 6.54 Å². The second kappa shape index (κ2) is 7.07. The monoisotopic (exact) mass is 246 g/mol. The lowest BCUT2D eigenvalue weighted by atomic mass is 10.1. The third-order valence-corrected chi connectivity index (χ3v) is 2.27. The lowest BCUT2D eigenvalue weighted by Crippen LogP contribution is -2.36. The Morgan fingerprint density at radius 2 is 2.33 bits per heavy atom. The fourth-order valence-electron chi connectivity index (χ4n) is 1.33. The summed E-state index contributed by atoms with van der Waals surface area (Å²) in [6.45, 7) is 4.46. The van der Waals surface area contributed by atoms with Crippen LogP contribution in [0.1, 0.15) is 11.1 Å². The van der Waals surface area contributed by atoms with Gasteiger partial charge < -0.3 is 10.6 Å². The molecule has 0 saturated heterocycles. The van der Waals surface area contributed by atoms with E-state index >= 15 is 0 Å². The quantitative estimate of drug-likeness (QED) is 0.481. The SMILES string of the molecule is C=CCNC(=NC)NCc1ccc(C#N)cc1F. The highest BCUT2D eigenvalue weighted by Crippen LogP contribution is 2.09. The largest absolute Gasteiger partial charge is 0.353 e. The second-order valence-electron chi connectivity index (χ2n) is 3.51. The molecule has 2 N–H and O–H groups in total. The van der Waals surface area contributed by atoms with Gasteiger partial charge in [0.15, 0.2) is 5.96 Å². The minimum atomic E-state index is -0.402. The molecule has 0 atom stereocenters. The van der Waals surface area contributed by atoms with Gasteiger partial charge >= 0.3 is 0 Å². The first-order valence-electron chi connectivity index (χ1n) is 5.45. The van der Waals surface area contributed by atoms with Crippen LogP contribution < -0.4 is 10.6 Å². The lowest BCUT2D eigenvalue weighted by Gasteiger charge is -2.10. The molecule has 0 aliphatic heterocycles. The van der Waals surface area contributed by atoms with E-state index in [1.165, 1.54) is 6.07 Å². The van der Waals surface area contributed by atoms with Crippen LogP contribution in [0.2, 0.25) is 0 Å². The van der Waals surface area contributed by atoms with Crippen LogP contribution in [-0.2, 0) is 6.54 Å².